The molecule has 1 aromatic heterocycles. The molecule has 0 radical (unpaired) electrons. The number of rotatable bonds is 6. The summed E-state index contributed by atoms with van der Waals surface area (Å²) in [6.45, 7) is 4.27. The van der Waals surface area contributed by atoms with Crippen LogP contribution in [0.3, 0.4) is 0 Å². The highest BCUT2D eigenvalue weighted by Crippen LogP contribution is 2.22. The molecule has 2 N–H and O–H groups in total. The quantitative estimate of drug-likeness (QED) is 0.807. The van der Waals surface area contributed by atoms with E-state index in [9.17, 15) is 4.79 Å². The van der Waals surface area contributed by atoms with Gasteiger partial charge in [-0.2, -0.15) is 0 Å². The van der Waals surface area contributed by atoms with Crippen LogP contribution in [0.1, 0.15) is 28.3 Å². The summed E-state index contributed by atoms with van der Waals surface area (Å²) in [6.07, 6.45) is 0.862. The fourth-order valence-corrected chi connectivity index (χ4v) is 2.19. The van der Waals surface area contributed by atoms with Crippen LogP contribution in [0, 0.1) is 6.92 Å². The summed E-state index contributed by atoms with van der Waals surface area (Å²) in [6, 6.07) is 1.55. The number of aryl methyl sites for hydroxylation is 1. The maximum atomic E-state index is 10.8. The van der Waals surface area contributed by atoms with Crippen LogP contribution in [0.25, 0.3) is 0 Å². The minimum atomic E-state index is -1.05. The summed E-state index contributed by atoms with van der Waals surface area (Å²) in [5, 5.41) is 12.1. The third-order valence-corrected chi connectivity index (χ3v) is 3.49. The lowest BCUT2D eigenvalue weighted by Crippen LogP contribution is -2.42. The lowest BCUT2D eigenvalue weighted by atomic mass is 10.0. The third kappa shape index (κ3) is 3.15. The largest absolute Gasteiger partial charge is 0.475 e. The number of methoxy groups -OCH3 is 1. The number of carboxylic acid groups (broad SMARTS) is 1. The Labute approximate surface area is 111 Å². The minimum absolute atomic E-state index is 0.0278. The van der Waals surface area contributed by atoms with E-state index in [2.05, 4.69) is 5.32 Å². The smallest absolute Gasteiger partial charge is 0.371 e. The number of ether oxygens (including phenoxy) is 2. The Hall–Kier alpha value is -1.37. The van der Waals surface area contributed by atoms with Gasteiger partial charge in [-0.1, -0.05) is 0 Å². The van der Waals surface area contributed by atoms with E-state index < -0.39 is 5.97 Å². The Kier molecular flexibility index (Phi) is 4.24. The molecule has 0 spiro atoms. The molecule has 1 aliphatic heterocycles. The topological polar surface area (TPSA) is 80.9 Å². The molecule has 1 aromatic rings. The van der Waals surface area contributed by atoms with Gasteiger partial charge in [0.2, 0.25) is 5.76 Å². The predicted molar refractivity (Wildman–Crippen MR) is 67.3 cm³/mol. The Morgan fingerprint density at radius 3 is 2.95 bits per heavy atom. The van der Waals surface area contributed by atoms with Crippen molar-refractivity contribution >= 4 is 5.97 Å². The van der Waals surface area contributed by atoms with E-state index >= 15 is 0 Å². The molecular formula is C13H19NO5. The van der Waals surface area contributed by atoms with Crippen LogP contribution in [0.5, 0.6) is 0 Å². The fourth-order valence-electron chi connectivity index (χ4n) is 2.19. The van der Waals surface area contributed by atoms with Gasteiger partial charge in [-0.3, -0.25) is 0 Å². The molecule has 0 aromatic carbocycles. The van der Waals surface area contributed by atoms with Crippen molar-refractivity contribution in [3.05, 3.63) is 23.2 Å². The summed E-state index contributed by atoms with van der Waals surface area (Å²) < 4.78 is 16.0. The fraction of sp³-hybridized carbons (Fsp3) is 0.615. The molecule has 1 aliphatic rings. The second-order valence-electron chi connectivity index (χ2n) is 4.79. The summed E-state index contributed by atoms with van der Waals surface area (Å²) in [7, 11) is 1.68. The SMILES string of the molecule is COC1(CNCc2cc(C(=O)O)oc2C)CCOC1. The van der Waals surface area contributed by atoms with E-state index in [1.807, 2.05) is 0 Å². The van der Waals surface area contributed by atoms with E-state index in [0.29, 0.717) is 32.1 Å². The molecule has 6 heteroatoms. The van der Waals surface area contributed by atoms with Gasteiger partial charge in [0.15, 0.2) is 0 Å². The standard InChI is InChI=1S/C13H19NO5/c1-9-10(5-11(19-9)12(15)16)6-14-7-13(17-2)3-4-18-8-13/h5,14H,3-4,6-8H2,1-2H3,(H,15,16). The first-order valence-corrected chi connectivity index (χ1v) is 6.22. The van der Waals surface area contributed by atoms with Crippen molar-refractivity contribution in [1.82, 2.24) is 5.32 Å². The van der Waals surface area contributed by atoms with Gasteiger partial charge in [0, 0.05) is 38.8 Å². The van der Waals surface area contributed by atoms with Crippen LogP contribution in [-0.4, -0.2) is 43.5 Å². The van der Waals surface area contributed by atoms with E-state index in [4.69, 9.17) is 19.0 Å². The Balaban J connectivity index is 1.90. The first kappa shape index (κ1) is 14.0. The molecule has 2 rings (SSSR count). The zero-order valence-electron chi connectivity index (χ0n) is 11.2. The third-order valence-electron chi connectivity index (χ3n) is 3.49. The molecule has 0 bridgehead atoms. The first-order chi connectivity index (χ1) is 9.06. The molecule has 2 heterocycles. The van der Waals surface area contributed by atoms with Crippen molar-refractivity contribution in [1.29, 1.82) is 0 Å². The lowest BCUT2D eigenvalue weighted by molar-refractivity contribution is -0.0159. The second kappa shape index (κ2) is 5.73. The number of nitrogens with one attached hydrogen (secondary N) is 1. The van der Waals surface area contributed by atoms with Gasteiger partial charge in [-0.05, 0) is 13.0 Å². The average molecular weight is 269 g/mol. The van der Waals surface area contributed by atoms with Crippen LogP contribution in [0.4, 0.5) is 0 Å². The molecule has 6 nitrogen and oxygen atoms in total. The molecule has 0 amide bonds. The summed E-state index contributed by atoms with van der Waals surface area (Å²) >= 11 is 0. The molecule has 0 aliphatic carbocycles. The number of carboxylic acids is 1. The maximum absolute atomic E-state index is 10.8. The first-order valence-electron chi connectivity index (χ1n) is 6.22. The van der Waals surface area contributed by atoms with Crippen LogP contribution < -0.4 is 5.32 Å². The molecule has 106 valence electrons. The minimum Gasteiger partial charge on any atom is -0.475 e. The summed E-state index contributed by atoms with van der Waals surface area (Å²) in [5.74, 6) is -0.453. The van der Waals surface area contributed by atoms with Gasteiger partial charge >= 0.3 is 5.97 Å². The number of hydrogen-bond acceptors (Lipinski definition) is 5. The highest BCUT2D eigenvalue weighted by atomic mass is 16.5. The zero-order chi connectivity index (χ0) is 13.9. The highest BCUT2D eigenvalue weighted by molar-refractivity contribution is 5.84. The van der Waals surface area contributed by atoms with E-state index in [-0.39, 0.29) is 11.4 Å². The highest BCUT2D eigenvalue weighted by Gasteiger charge is 2.34. The van der Waals surface area contributed by atoms with Crippen molar-refractivity contribution < 1.29 is 23.8 Å². The second-order valence-corrected chi connectivity index (χ2v) is 4.79. The van der Waals surface area contributed by atoms with Crippen LogP contribution in [0.2, 0.25) is 0 Å². The summed E-state index contributed by atoms with van der Waals surface area (Å²) in [5.41, 5.74) is 0.579. The Bertz CT molecular complexity index is 448. The Morgan fingerprint density at radius 1 is 1.63 bits per heavy atom. The van der Waals surface area contributed by atoms with Crippen molar-refractivity contribution in [2.75, 3.05) is 26.9 Å². The zero-order valence-corrected chi connectivity index (χ0v) is 11.2. The van der Waals surface area contributed by atoms with Crippen molar-refractivity contribution in [3.8, 4) is 0 Å². The molecule has 1 saturated heterocycles. The number of aromatic carboxylic acids is 1. The van der Waals surface area contributed by atoms with Gasteiger partial charge in [-0.15, -0.1) is 0 Å². The van der Waals surface area contributed by atoms with Gasteiger partial charge in [0.25, 0.3) is 0 Å². The summed E-state index contributed by atoms with van der Waals surface area (Å²) in [4.78, 5) is 10.8. The molecule has 1 unspecified atom stereocenters. The van der Waals surface area contributed by atoms with Crippen LogP contribution >= 0.6 is 0 Å². The van der Waals surface area contributed by atoms with E-state index in [1.54, 1.807) is 20.1 Å². The van der Waals surface area contributed by atoms with E-state index in [0.717, 1.165) is 12.0 Å². The molecule has 1 fully saturated rings. The normalized spacial score (nSPS) is 22.8. The van der Waals surface area contributed by atoms with Crippen molar-refractivity contribution in [2.45, 2.75) is 25.5 Å². The van der Waals surface area contributed by atoms with Crippen molar-refractivity contribution in [3.63, 3.8) is 0 Å². The molecule has 1 atom stereocenters. The molecule has 19 heavy (non-hydrogen) atoms. The van der Waals surface area contributed by atoms with Gasteiger partial charge in [0.1, 0.15) is 11.4 Å². The van der Waals surface area contributed by atoms with Gasteiger partial charge < -0.3 is 24.3 Å². The lowest BCUT2D eigenvalue weighted by Gasteiger charge is -2.25. The molecule has 0 saturated carbocycles. The van der Waals surface area contributed by atoms with Gasteiger partial charge in [0.05, 0.1) is 6.61 Å². The van der Waals surface area contributed by atoms with Gasteiger partial charge in [-0.25, -0.2) is 4.79 Å². The Morgan fingerprint density at radius 2 is 2.42 bits per heavy atom. The molecular weight excluding hydrogens is 250 g/mol. The van der Waals surface area contributed by atoms with Crippen LogP contribution in [0.15, 0.2) is 10.5 Å². The van der Waals surface area contributed by atoms with Crippen molar-refractivity contribution in [2.24, 2.45) is 0 Å². The van der Waals surface area contributed by atoms with E-state index in [1.165, 1.54) is 0 Å². The van der Waals surface area contributed by atoms with Crippen LogP contribution in [-0.2, 0) is 16.0 Å². The monoisotopic (exact) mass is 269 g/mol. The number of furan rings is 1. The predicted octanol–water partition coefficient (Wildman–Crippen LogP) is 1.18. The number of hydrogen-bond donors (Lipinski definition) is 2. The average Bonchev–Trinajstić information content (AvgIpc) is 2.98. The maximum Gasteiger partial charge on any atom is 0.371 e. The number of carbonyl (C=O) groups is 1.